The van der Waals surface area contributed by atoms with Gasteiger partial charge in [0.15, 0.2) is 0 Å². The Morgan fingerprint density at radius 3 is 2.50 bits per heavy atom. The van der Waals surface area contributed by atoms with E-state index in [1.165, 1.54) is 4.90 Å². The minimum absolute atomic E-state index is 0.128. The zero-order valence-electron chi connectivity index (χ0n) is 9.70. The lowest BCUT2D eigenvalue weighted by atomic mass is 10.1. The van der Waals surface area contributed by atoms with E-state index in [-0.39, 0.29) is 24.1 Å². The summed E-state index contributed by atoms with van der Waals surface area (Å²) in [6.07, 6.45) is 0.299. The summed E-state index contributed by atoms with van der Waals surface area (Å²) >= 11 is 0. The lowest BCUT2D eigenvalue weighted by molar-refractivity contribution is -0.169. The van der Waals surface area contributed by atoms with Gasteiger partial charge in [0.1, 0.15) is 18.0 Å². The molecule has 2 bridgehead atoms. The summed E-state index contributed by atoms with van der Waals surface area (Å²) in [5.41, 5.74) is 0.734. The van der Waals surface area contributed by atoms with Gasteiger partial charge < -0.3 is 9.84 Å². The molecule has 2 aliphatic rings. The summed E-state index contributed by atoms with van der Waals surface area (Å²) in [5.74, 6) is -0.405. The van der Waals surface area contributed by atoms with Crippen LogP contribution >= 0.6 is 0 Å². The highest BCUT2D eigenvalue weighted by Crippen LogP contribution is 2.29. The van der Waals surface area contributed by atoms with Crippen molar-refractivity contribution >= 4 is 11.8 Å². The molecule has 2 saturated heterocycles. The Labute approximate surface area is 104 Å². The fourth-order valence-corrected chi connectivity index (χ4v) is 2.45. The standard InChI is InChI=1S/C13H13NO4/c15-9-3-1-2-8(6-9)7-14-12(16)10-4-5-11(18-10)13(14)17/h1-3,6,10-11,15H,4-5,7H2. The number of ether oxygens (including phenoxy) is 1. The zero-order chi connectivity index (χ0) is 12.7. The van der Waals surface area contributed by atoms with Crippen molar-refractivity contribution in [2.75, 3.05) is 0 Å². The second kappa shape index (κ2) is 4.10. The lowest BCUT2D eigenvalue weighted by Gasteiger charge is -2.29. The van der Waals surface area contributed by atoms with E-state index in [0.717, 1.165) is 5.56 Å². The fraction of sp³-hybridized carbons (Fsp3) is 0.385. The molecule has 3 rings (SSSR count). The van der Waals surface area contributed by atoms with Gasteiger partial charge in [-0.15, -0.1) is 0 Å². The van der Waals surface area contributed by atoms with E-state index in [0.29, 0.717) is 12.8 Å². The van der Waals surface area contributed by atoms with Gasteiger partial charge in [-0.2, -0.15) is 0 Å². The van der Waals surface area contributed by atoms with Crippen molar-refractivity contribution < 1.29 is 19.4 Å². The molecule has 2 aliphatic heterocycles. The smallest absolute Gasteiger partial charge is 0.258 e. The number of rotatable bonds is 2. The molecule has 1 aromatic rings. The molecule has 0 aliphatic carbocycles. The first-order valence-corrected chi connectivity index (χ1v) is 5.94. The second-order valence-corrected chi connectivity index (χ2v) is 4.62. The van der Waals surface area contributed by atoms with Crippen LogP contribution in [-0.4, -0.2) is 34.0 Å². The number of phenols is 1. The molecular weight excluding hydrogens is 234 g/mol. The summed E-state index contributed by atoms with van der Waals surface area (Å²) in [4.78, 5) is 25.2. The normalized spacial score (nSPS) is 26.8. The Morgan fingerprint density at radius 1 is 1.22 bits per heavy atom. The Balaban J connectivity index is 1.83. The van der Waals surface area contributed by atoms with Gasteiger partial charge in [0.2, 0.25) is 0 Å². The molecule has 1 aromatic carbocycles. The Bertz CT molecular complexity index is 491. The second-order valence-electron chi connectivity index (χ2n) is 4.62. The first-order valence-electron chi connectivity index (χ1n) is 5.94. The number of nitrogens with zero attached hydrogens (tertiary/aromatic N) is 1. The summed E-state index contributed by atoms with van der Waals surface area (Å²) in [5, 5.41) is 9.38. The van der Waals surface area contributed by atoms with E-state index in [2.05, 4.69) is 0 Å². The molecule has 0 saturated carbocycles. The van der Waals surface area contributed by atoms with Crippen LogP contribution in [0.15, 0.2) is 24.3 Å². The number of likely N-dealkylation sites (tertiary alicyclic amines) is 1. The van der Waals surface area contributed by atoms with Crippen molar-refractivity contribution in [3.8, 4) is 5.75 Å². The van der Waals surface area contributed by atoms with Gasteiger partial charge in [0.25, 0.3) is 11.8 Å². The van der Waals surface area contributed by atoms with E-state index >= 15 is 0 Å². The maximum Gasteiger partial charge on any atom is 0.258 e. The maximum absolute atomic E-state index is 12.0. The van der Waals surface area contributed by atoms with Crippen LogP contribution in [-0.2, 0) is 20.9 Å². The van der Waals surface area contributed by atoms with Gasteiger partial charge in [0.05, 0.1) is 6.54 Å². The predicted molar refractivity (Wildman–Crippen MR) is 61.6 cm³/mol. The predicted octanol–water partition coefficient (Wildman–Crippen LogP) is 0.809. The van der Waals surface area contributed by atoms with Crippen LogP contribution in [0.3, 0.4) is 0 Å². The van der Waals surface area contributed by atoms with Crippen LogP contribution in [0, 0.1) is 0 Å². The van der Waals surface area contributed by atoms with Crippen molar-refractivity contribution in [3.05, 3.63) is 29.8 Å². The SMILES string of the molecule is O=C1C2CCC(O2)C(=O)N1Cc1cccc(O)c1. The highest BCUT2D eigenvalue weighted by molar-refractivity contribution is 6.02. The highest BCUT2D eigenvalue weighted by atomic mass is 16.5. The molecule has 0 radical (unpaired) electrons. The van der Waals surface area contributed by atoms with Crippen molar-refractivity contribution in [2.45, 2.75) is 31.6 Å². The third-order valence-corrected chi connectivity index (χ3v) is 3.35. The summed E-state index contributed by atoms with van der Waals surface area (Å²) in [6, 6.07) is 6.57. The third kappa shape index (κ3) is 1.76. The first kappa shape index (κ1) is 11.2. The molecule has 2 amide bonds. The monoisotopic (exact) mass is 247 g/mol. The average Bonchev–Trinajstić information content (AvgIpc) is 2.79. The van der Waals surface area contributed by atoms with Crippen LogP contribution in [0.25, 0.3) is 0 Å². The maximum atomic E-state index is 12.0. The molecule has 0 spiro atoms. The largest absolute Gasteiger partial charge is 0.508 e. The molecule has 2 fully saturated rings. The van der Waals surface area contributed by atoms with Gasteiger partial charge in [-0.25, -0.2) is 0 Å². The number of hydrogen-bond donors (Lipinski definition) is 1. The Kier molecular flexibility index (Phi) is 2.56. The topological polar surface area (TPSA) is 66.8 Å². The minimum Gasteiger partial charge on any atom is -0.508 e. The molecule has 18 heavy (non-hydrogen) atoms. The number of carbonyl (C=O) groups excluding carboxylic acids is 2. The van der Waals surface area contributed by atoms with E-state index in [9.17, 15) is 14.7 Å². The minimum atomic E-state index is -0.468. The molecule has 0 aromatic heterocycles. The van der Waals surface area contributed by atoms with Gasteiger partial charge in [-0.3, -0.25) is 14.5 Å². The van der Waals surface area contributed by atoms with Crippen LogP contribution < -0.4 is 0 Å². The van der Waals surface area contributed by atoms with Crippen molar-refractivity contribution in [1.29, 1.82) is 0 Å². The number of imide groups is 1. The molecule has 2 atom stereocenters. The number of hydrogen-bond acceptors (Lipinski definition) is 4. The average molecular weight is 247 g/mol. The summed E-state index contributed by atoms with van der Waals surface area (Å²) in [7, 11) is 0. The van der Waals surface area contributed by atoms with E-state index in [1.54, 1.807) is 24.3 Å². The Hall–Kier alpha value is -1.88. The summed E-state index contributed by atoms with van der Waals surface area (Å²) in [6.45, 7) is 0.197. The number of benzene rings is 1. The molecular formula is C13H13NO4. The van der Waals surface area contributed by atoms with Crippen molar-refractivity contribution in [1.82, 2.24) is 4.90 Å². The summed E-state index contributed by atoms with van der Waals surface area (Å²) < 4.78 is 5.32. The molecule has 1 N–H and O–H groups in total. The zero-order valence-corrected chi connectivity index (χ0v) is 9.70. The molecule has 5 nitrogen and oxygen atoms in total. The van der Waals surface area contributed by atoms with Crippen molar-refractivity contribution in [2.24, 2.45) is 0 Å². The highest BCUT2D eigenvalue weighted by Gasteiger charge is 2.46. The van der Waals surface area contributed by atoms with Crippen LogP contribution in [0.2, 0.25) is 0 Å². The molecule has 2 heterocycles. The lowest BCUT2D eigenvalue weighted by Crippen LogP contribution is -2.51. The van der Waals surface area contributed by atoms with Gasteiger partial charge in [-0.05, 0) is 30.5 Å². The van der Waals surface area contributed by atoms with Crippen LogP contribution in [0.5, 0.6) is 5.75 Å². The number of fused-ring (bicyclic) bond motifs is 2. The first-order chi connectivity index (χ1) is 8.65. The van der Waals surface area contributed by atoms with Gasteiger partial charge >= 0.3 is 0 Å². The number of aromatic hydroxyl groups is 1. The Morgan fingerprint density at radius 2 is 1.89 bits per heavy atom. The van der Waals surface area contributed by atoms with E-state index in [4.69, 9.17) is 4.74 Å². The van der Waals surface area contributed by atoms with Crippen molar-refractivity contribution in [3.63, 3.8) is 0 Å². The van der Waals surface area contributed by atoms with E-state index < -0.39 is 12.2 Å². The number of phenolic OH excluding ortho intramolecular Hbond substituents is 1. The van der Waals surface area contributed by atoms with Crippen LogP contribution in [0.1, 0.15) is 18.4 Å². The fourth-order valence-electron chi connectivity index (χ4n) is 2.45. The third-order valence-electron chi connectivity index (χ3n) is 3.35. The quantitative estimate of drug-likeness (QED) is 0.785. The molecule has 94 valence electrons. The van der Waals surface area contributed by atoms with Gasteiger partial charge in [0, 0.05) is 0 Å². The molecule has 5 heteroatoms. The van der Waals surface area contributed by atoms with Gasteiger partial charge in [-0.1, -0.05) is 12.1 Å². The number of morpholine rings is 1. The van der Waals surface area contributed by atoms with E-state index in [1.807, 2.05) is 0 Å². The number of amides is 2. The van der Waals surface area contributed by atoms with Crippen LogP contribution in [0.4, 0.5) is 0 Å². The number of carbonyl (C=O) groups is 2. The molecule has 2 unspecified atom stereocenters.